The number of anilines is 1. The molecule has 0 saturated heterocycles. The Bertz CT molecular complexity index is 593. The van der Waals surface area contributed by atoms with Gasteiger partial charge >= 0.3 is 0 Å². The quantitative estimate of drug-likeness (QED) is 0.941. The molecule has 3 atom stereocenters. The summed E-state index contributed by atoms with van der Waals surface area (Å²) in [6.45, 7) is 6.87. The van der Waals surface area contributed by atoms with Crippen LogP contribution in [0.5, 0.6) is 0 Å². The van der Waals surface area contributed by atoms with Crippen LogP contribution in [0, 0.1) is 18.8 Å². The summed E-state index contributed by atoms with van der Waals surface area (Å²) in [6.07, 6.45) is 5.43. The highest BCUT2D eigenvalue weighted by Crippen LogP contribution is 2.32. The van der Waals surface area contributed by atoms with Crippen LogP contribution in [0.2, 0.25) is 0 Å². The molecule has 1 saturated carbocycles. The van der Waals surface area contributed by atoms with E-state index in [1.807, 2.05) is 6.07 Å². The summed E-state index contributed by atoms with van der Waals surface area (Å²) < 4.78 is 1.69. The number of nitrogens with one attached hydrogen (secondary N) is 1. The SMILES string of the molecule is Cc1ccc(-n2cnnn2)cc1NC1CCC(C)C(C)C1. The molecule has 1 aromatic heterocycles. The predicted molar refractivity (Wildman–Crippen MR) is 83.5 cm³/mol. The van der Waals surface area contributed by atoms with Crippen molar-refractivity contribution in [3.63, 3.8) is 0 Å². The highest BCUT2D eigenvalue weighted by atomic mass is 15.5. The van der Waals surface area contributed by atoms with Crippen molar-refractivity contribution in [2.75, 3.05) is 5.32 Å². The maximum absolute atomic E-state index is 3.95. The lowest BCUT2D eigenvalue weighted by molar-refractivity contribution is 0.261. The second-order valence-electron chi connectivity index (χ2n) is 6.36. The standard InChI is InChI=1S/C16H23N5/c1-11-4-6-14(8-13(11)3)18-16-9-15(7-5-12(16)2)21-10-17-19-20-21/h5,7,9-11,13-14,18H,4,6,8H2,1-3H3. The Hall–Kier alpha value is -1.91. The normalized spacial score (nSPS) is 25.8. The molecule has 1 fully saturated rings. The third-order valence-corrected chi connectivity index (χ3v) is 4.79. The van der Waals surface area contributed by atoms with E-state index < -0.39 is 0 Å². The Labute approximate surface area is 125 Å². The molecule has 1 N–H and O–H groups in total. The second kappa shape index (κ2) is 5.84. The highest BCUT2D eigenvalue weighted by Gasteiger charge is 2.24. The Morgan fingerprint density at radius 3 is 2.76 bits per heavy atom. The fourth-order valence-corrected chi connectivity index (χ4v) is 3.09. The van der Waals surface area contributed by atoms with Crippen LogP contribution in [0.4, 0.5) is 5.69 Å². The van der Waals surface area contributed by atoms with Gasteiger partial charge in [0.15, 0.2) is 0 Å². The third kappa shape index (κ3) is 3.06. The first-order chi connectivity index (χ1) is 10.1. The van der Waals surface area contributed by atoms with Gasteiger partial charge in [-0.15, -0.1) is 5.10 Å². The zero-order chi connectivity index (χ0) is 14.8. The first-order valence-electron chi connectivity index (χ1n) is 7.74. The number of rotatable bonds is 3. The van der Waals surface area contributed by atoms with E-state index >= 15 is 0 Å². The zero-order valence-electron chi connectivity index (χ0n) is 13.0. The van der Waals surface area contributed by atoms with E-state index in [-0.39, 0.29) is 0 Å². The summed E-state index contributed by atoms with van der Waals surface area (Å²) in [5, 5.41) is 15.1. The van der Waals surface area contributed by atoms with Gasteiger partial charge in [0, 0.05) is 11.7 Å². The van der Waals surface area contributed by atoms with Gasteiger partial charge in [-0.3, -0.25) is 0 Å². The molecule has 112 valence electrons. The third-order valence-electron chi connectivity index (χ3n) is 4.79. The Kier molecular flexibility index (Phi) is 3.90. The van der Waals surface area contributed by atoms with Crippen molar-refractivity contribution in [2.24, 2.45) is 11.8 Å². The van der Waals surface area contributed by atoms with E-state index in [0.717, 1.165) is 17.5 Å². The lowest BCUT2D eigenvalue weighted by Crippen LogP contribution is -2.30. The minimum atomic E-state index is 0.569. The fraction of sp³-hybridized carbons (Fsp3) is 0.562. The summed E-state index contributed by atoms with van der Waals surface area (Å²) in [6, 6.07) is 6.87. The maximum atomic E-state index is 3.95. The van der Waals surface area contributed by atoms with Crippen LogP contribution in [0.25, 0.3) is 5.69 Å². The first kappa shape index (κ1) is 14.0. The minimum absolute atomic E-state index is 0.569. The number of aromatic nitrogens is 4. The topological polar surface area (TPSA) is 55.6 Å². The second-order valence-corrected chi connectivity index (χ2v) is 6.36. The lowest BCUT2D eigenvalue weighted by Gasteiger charge is -2.33. The van der Waals surface area contributed by atoms with Crippen LogP contribution in [0.3, 0.4) is 0 Å². The molecule has 21 heavy (non-hydrogen) atoms. The van der Waals surface area contributed by atoms with Crippen LogP contribution in [0.1, 0.15) is 38.7 Å². The number of aryl methyl sites for hydroxylation is 1. The molecule has 1 heterocycles. The molecule has 5 nitrogen and oxygen atoms in total. The number of tetrazole rings is 1. The monoisotopic (exact) mass is 285 g/mol. The molecular weight excluding hydrogens is 262 g/mol. The molecule has 2 aromatic rings. The summed E-state index contributed by atoms with van der Waals surface area (Å²) in [4.78, 5) is 0. The van der Waals surface area contributed by atoms with Crippen molar-refractivity contribution in [2.45, 2.75) is 46.1 Å². The van der Waals surface area contributed by atoms with Crippen LogP contribution >= 0.6 is 0 Å². The van der Waals surface area contributed by atoms with Crippen LogP contribution < -0.4 is 5.32 Å². The van der Waals surface area contributed by atoms with E-state index in [2.05, 4.69) is 53.7 Å². The highest BCUT2D eigenvalue weighted by molar-refractivity contribution is 5.57. The molecule has 0 spiro atoms. The van der Waals surface area contributed by atoms with Gasteiger partial charge in [-0.1, -0.05) is 19.9 Å². The van der Waals surface area contributed by atoms with Crippen molar-refractivity contribution < 1.29 is 0 Å². The number of benzene rings is 1. The molecule has 3 rings (SSSR count). The van der Waals surface area contributed by atoms with Crippen molar-refractivity contribution in [3.8, 4) is 5.69 Å². The fourth-order valence-electron chi connectivity index (χ4n) is 3.09. The van der Waals surface area contributed by atoms with E-state index in [1.165, 1.54) is 30.5 Å². The average Bonchev–Trinajstić information content (AvgIpc) is 2.99. The van der Waals surface area contributed by atoms with Gasteiger partial charge in [0.25, 0.3) is 0 Å². The van der Waals surface area contributed by atoms with Gasteiger partial charge in [0.05, 0.1) is 5.69 Å². The first-order valence-corrected chi connectivity index (χ1v) is 7.74. The maximum Gasteiger partial charge on any atom is 0.143 e. The molecule has 1 aliphatic rings. The van der Waals surface area contributed by atoms with E-state index in [9.17, 15) is 0 Å². The number of hydrogen-bond donors (Lipinski definition) is 1. The van der Waals surface area contributed by atoms with Gasteiger partial charge in [-0.05, 0) is 66.1 Å². The van der Waals surface area contributed by atoms with Crippen molar-refractivity contribution >= 4 is 5.69 Å². The Morgan fingerprint density at radius 2 is 2.05 bits per heavy atom. The van der Waals surface area contributed by atoms with Gasteiger partial charge in [0.1, 0.15) is 6.33 Å². The van der Waals surface area contributed by atoms with Crippen LogP contribution in [0.15, 0.2) is 24.5 Å². The molecule has 0 amide bonds. The van der Waals surface area contributed by atoms with E-state index in [0.29, 0.717) is 6.04 Å². The molecule has 0 radical (unpaired) electrons. The van der Waals surface area contributed by atoms with Gasteiger partial charge in [0.2, 0.25) is 0 Å². The number of nitrogens with zero attached hydrogens (tertiary/aromatic N) is 4. The molecule has 0 aliphatic heterocycles. The summed E-state index contributed by atoms with van der Waals surface area (Å²) in [7, 11) is 0. The molecule has 1 aromatic carbocycles. The van der Waals surface area contributed by atoms with Crippen molar-refractivity contribution in [3.05, 3.63) is 30.1 Å². The predicted octanol–water partition coefficient (Wildman–Crippen LogP) is 3.21. The van der Waals surface area contributed by atoms with Crippen molar-refractivity contribution in [1.82, 2.24) is 20.2 Å². The molecule has 5 heteroatoms. The summed E-state index contributed by atoms with van der Waals surface area (Å²) >= 11 is 0. The summed E-state index contributed by atoms with van der Waals surface area (Å²) in [5.74, 6) is 1.64. The molecule has 1 aliphatic carbocycles. The minimum Gasteiger partial charge on any atom is -0.382 e. The van der Waals surface area contributed by atoms with E-state index in [4.69, 9.17) is 0 Å². The Morgan fingerprint density at radius 1 is 1.19 bits per heavy atom. The molecular formula is C16H23N5. The molecule has 3 unspecified atom stereocenters. The number of hydrogen-bond acceptors (Lipinski definition) is 4. The largest absolute Gasteiger partial charge is 0.382 e. The smallest absolute Gasteiger partial charge is 0.143 e. The van der Waals surface area contributed by atoms with Crippen LogP contribution in [-0.4, -0.2) is 26.2 Å². The summed E-state index contributed by atoms with van der Waals surface area (Å²) in [5.41, 5.74) is 3.44. The average molecular weight is 285 g/mol. The van der Waals surface area contributed by atoms with Crippen molar-refractivity contribution in [1.29, 1.82) is 0 Å². The Balaban J connectivity index is 1.77. The zero-order valence-corrected chi connectivity index (χ0v) is 13.0. The lowest BCUT2D eigenvalue weighted by atomic mass is 9.79. The molecule has 0 bridgehead atoms. The van der Waals surface area contributed by atoms with Gasteiger partial charge in [-0.25, -0.2) is 4.68 Å². The van der Waals surface area contributed by atoms with Crippen LogP contribution in [-0.2, 0) is 0 Å². The van der Waals surface area contributed by atoms with Gasteiger partial charge < -0.3 is 5.32 Å². The van der Waals surface area contributed by atoms with E-state index in [1.54, 1.807) is 11.0 Å². The van der Waals surface area contributed by atoms with Gasteiger partial charge in [-0.2, -0.15) is 0 Å².